The van der Waals surface area contributed by atoms with Crippen LogP contribution in [-0.2, 0) is 16.1 Å². The molecular weight excluding hydrogens is 254 g/mol. The van der Waals surface area contributed by atoms with Gasteiger partial charge in [0.05, 0.1) is 0 Å². The van der Waals surface area contributed by atoms with Gasteiger partial charge in [-0.1, -0.05) is 30.7 Å². The molecule has 0 spiro atoms. The topological polar surface area (TPSA) is 66.4 Å². The van der Waals surface area contributed by atoms with Crippen molar-refractivity contribution >= 4 is 23.5 Å². The van der Waals surface area contributed by atoms with Crippen LogP contribution in [0.3, 0.4) is 0 Å². The second-order valence-corrected chi connectivity index (χ2v) is 4.75. The lowest BCUT2D eigenvalue weighted by atomic mass is 10.0. The molecule has 0 aliphatic heterocycles. The van der Waals surface area contributed by atoms with E-state index in [1.807, 2.05) is 12.1 Å². The molecule has 0 unspecified atom stereocenters. The van der Waals surface area contributed by atoms with E-state index in [4.69, 9.17) is 16.7 Å². The Hall–Kier alpha value is -1.55. The Morgan fingerprint density at radius 1 is 1.28 bits per heavy atom. The molecule has 4 nitrogen and oxygen atoms in total. The van der Waals surface area contributed by atoms with Crippen LogP contribution in [0.1, 0.15) is 25.3 Å². The average molecular weight is 270 g/mol. The van der Waals surface area contributed by atoms with Crippen LogP contribution in [-0.4, -0.2) is 17.0 Å². The zero-order valence-corrected chi connectivity index (χ0v) is 10.9. The lowest BCUT2D eigenvalue weighted by Crippen LogP contribution is -2.25. The zero-order valence-electron chi connectivity index (χ0n) is 10.1. The van der Waals surface area contributed by atoms with Gasteiger partial charge >= 0.3 is 5.97 Å². The van der Waals surface area contributed by atoms with E-state index in [0.717, 1.165) is 5.56 Å². The number of carboxylic acids is 1. The average Bonchev–Trinajstić information content (AvgIpc) is 2.27. The summed E-state index contributed by atoms with van der Waals surface area (Å²) in [6.07, 6.45) is 0.230. The first-order valence-corrected chi connectivity index (χ1v) is 6.08. The number of benzene rings is 1. The SMILES string of the molecule is C[C@@H](CC(=O)O)CC(=O)NCc1ccc(Cl)cc1. The summed E-state index contributed by atoms with van der Waals surface area (Å²) in [5.41, 5.74) is 0.957. The number of hydrogen-bond donors (Lipinski definition) is 2. The Balaban J connectivity index is 2.32. The van der Waals surface area contributed by atoms with Crippen LogP contribution in [0.25, 0.3) is 0 Å². The third kappa shape index (κ3) is 5.68. The highest BCUT2D eigenvalue weighted by atomic mass is 35.5. The van der Waals surface area contributed by atoms with Crippen molar-refractivity contribution in [3.05, 3.63) is 34.9 Å². The summed E-state index contributed by atoms with van der Waals surface area (Å²) < 4.78 is 0. The first-order valence-electron chi connectivity index (χ1n) is 5.70. The normalized spacial score (nSPS) is 11.9. The molecule has 98 valence electrons. The molecule has 0 aliphatic rings. The van der Waals surface area contributed by atoms with E-state index in [9.17, 15) is 9.59 Å². The standard InChI is InChI=1S/C13H16ClNO3/c1-9(7-13(17)18)6-12(16)15-8-10-2-4-11(14)5-3-10/h2-5,9H,6-8H2,1H3,(H,15,16)(H,17,18)/t9-/m1/s1. The van der Waals surface area contributed by atoms with Crippen LogP contribution in [0, 0.1) is 5.92 Å². The highest BCUT2D eigenvalue weighted by Gasteiger charge is 2.12. The minimum atomic E-state index is -0.881. The molecule has 1 amide bonds. The van der Waals surface area contributed by atoms with E-state index in [2.05, 4.69) is 5.32 Å². The minimum Gasteiger partial charge on any atom is -0.481 e. The maximum Gasteiger partial charge on any atom is 0.303 e. The number of hydrogen-bond acceptors (Lipinski definition) is 2. The number of halogens is 1. The Morgan fingerprint density at radius 3 is 2.44 bits per heavy atom. The highest BCUT2D eigenvalue weighted by molar-refractivity contribution is 6.30. The van der Waals surface area contributed by atoms with Crippen LogP contribution >= 0.6 is 11.6 Å². The number of carboxylic acid groups (broad SMARTS) is 1. The number of aliphatic carboxylic acids is 1. The van der Waals surface area contributed by atoms with E-state index in [-0.39, 0.29) is 24.7 Å². The third-order valence-corrected chi connectivity index (χ3v) is 2.71. The quantitative estimate of drug-likeness (QED) is 0.834. The van der Waals surface area contributed by atoms with Crippen molar-refractivity contribution in [1.82, 2.24) is 5.32 Å². The van der Waals surface area contributed by atoms with Gasteiger partial charge in [-0.25, -0.2) is 0 Å². The predicted octanol–water partition coefficient (Wildman–Crippen LogP) is 2.46. The van der Waals surface area contributed by atoms with Crippen LogP contribution < -0.4 is 5.32 Å². The van der Waals surface area contributed by atoms with Gasteiger partial charge in [-0.15, -0.1) is 0 Å². The lowest BCUT2D eigenvalue weighted by molar-refractivity contribution is -0.138. The molecule has 1 atom stereocenters. The monoisotopic (exact) mass is 269 g/mol. The Bertz CT molecular complexity index is 417. The van der Waals surface area contributed by atoms with Crippen molar-refractivity contribution in [2.75, 3.05) is 0 Å². The molecule has 0 bridgehead atoms. The third-order valence-electron chi connectivity index (χ3n) is 2.46. The van der Waals surface area contributed by atoms with E-state index < -0.39 is 5.97 Å². The van der Waals surface area contributed by atoms with E-state index in [1.54, 1.807) is 19.1 Å². The van der Waals surface area contributed by atoms with Gasteiger partial charge in [0.1, 0.15) is 0 Å². The molecule has 0 saturated heterocycles. The molecule has 1 aromatic carbocycles. The molecule has 5 heteroatoms. The van der Waals surface area contributed by atoms with Gasteiger partial charge in [0.25, 0.3) is 0 Å². The van der Waals surface area contributed by atoms with Crippen molar-refractivity contribution in [3.63, 3.8) is 0 Å². The van der Waals surface area contributed by atoms with Gasteiger partial charge in [-0.3, -0.25) is 9.59 Å². The van der Waals surface area contributed by atoms with Crippen LogP contribution in [0.5, 0.6) is 0 Å². The van der Waals surface area contributed by atoms with Gasteiger partial charge in [0.15, 0.2) is 0 Å². The molecule has 0 radical (unpaired) electrons. The molecule has 18 heavy (non-hydrogen) atoms. The van der Waals surface area contributed by atoms with Crippen molar-refractivity contribution in [2.45, 2.75) is 26.3 Å². The second kappa shape index (κ2) is 7.01. The first kappa shape index (κ1) is 14.5. The molecule has 0 aliphatic carbocycles. The maximum atomic E-state index is 11.5. The van der Waals surface area contributed by atoms with E-state index >= 15 is 0 Å². The number of rotatable bonds is 6. The maximum absolute atomic E-state index is 11.5. The van der Waals surface area contributed by atoms with E-state index in [0.29, 0.717) is 11.6 Å². The predicted molar refractivity (Wildman–Crippen MR) is 69.3 cm³/mol. The minimum absolute atomic E-state index is 0.00830. The Kier molecular flexibility index (Phi) is 5.65. The number of nitrogens with one attached hydrogen (secondary N) is 1. The smallest absolute Gasteiger partial charge is 0.303 e. The molecule has 0 heterocycles. The molecule has 0 aromatic heterocycles. The van der Waals surface area contributed by atoms with Gasteiger partial charge < -0.3 is 10.4 Å². The molecule has 0 fully saturated rings. The molecule has 1 aromatic rings. The van der Waals surface area contributed by atoms with Gasteiger partial charge in [-0.05, 0) is 23.6 Å². The van der Waals surface area contributed by atoms with Crippen molar-refractivity contribution in [3.8, 4) is 0 Å². The summed E-state index contributed by atoms with van der Waals surface area (Å²) in [4.78, 5) is 22.0. The number of carbonyl (C=O) groups excluding carboxylic acids is 1. The highest BCUT2D eigenvalue weighted by Crippen LogP contribution is 2.10. The molecular formula is C13H16ClNO3. The Labute approximate surface area is 111 Å². The fraction of sp³-hybridized carbons (Fsp3) is 0.385. The van der Waals surface area contributed by atoms with Gasteiger partial charge in [0.2, 0.25) is 5.91 Å². The van der Waals surface area contributed by atoms with Crippen LogP contribution in [0.4, 0.5) is 0 Å². The second-order valence-electron chi connectivity index (χ2n) is 4.31. The van der Waals surface area contributed by atoms with Crippen LogP contribution in [0.15, 0.2) is 24.3 Å². The lowest BCUT2D eigenvalue weighted by Gasteiger charge is -2.09. The zero-order chi connectivity index (χ0) is 13.5. The van der Waals surface area contributed by atoms with Crippen molar-refractivity contribution in [2.24, 2.45) is 5.92 Å². The summed E-state index contributed by atoms with van der Waals surface area (Å²) in [7, 11) is 0. The van der Waals surface area contributed by atoms with Gasteiger partial charge in [0, 0.05) is 24.4 Å². The van der Waals surface area contributed by atoms with Gasteiger partial charge in [-0.2, -0.15) is 0 Å². The van der Waals surface area contributed by atoms with Crippen LogP contribution in [0.2, 0.25) is 5.02 Å². The number of amides is 1. The fourth-order valence-electron chi connectivity index (χ4n) is 1.56. The summed E-state index contributed by atoms with van der Waals surface area (Å²) in [5, 5.41) is 12.0. The summed E-state index contributed by atoms with van der Waals surface area (Å²) >= 11 is 5.75. The first-order chi connectivity index (χ1) is 8.47. The summed E-state index contributed by atoms with van der Waals surface area (Å²) in [6, 6.07) is 7.19. The fourth-order valence-corrected chi connectivity index (χ4v) is 1.69. The largest absolute Gasteiger partial charge is 0.481 e. The molecule has 1 rings (SSSR count). The summed E-state index contributed by atoms with van der Waals surface area (Å²) in [6.45, 7) is 2.17. The molecule has 0 saturated carbocycles. The van der Waals surface area contributed by atoms with Crippen molar-refractivity contribution < 1.29 is 14.7 Å². The number of carbonyl (C=O) groups is 2. The van der Waals surface area contributed by atoms with E-state index in [1.165, 1.54) is 0 Å². The summed E-state index contributed by atoms with van der Waals surface area (Å²) in [5.74, 6) is -1.18. The molecule has 2 N–H and O–H groups in total. The van der Waals surface area contributed by atoms with Crippen molar-refractivity contribution in [1.29, 1.82) is 0 Å². The Morgan fingerprint density at radius 2 is 1.89 bits per heavy atom.